The summed E-state index contributed by atoms with van der Waals surface area (Å²) in [6.45, 7) is 3.58. The number of aliphatic hydroxyl groups is 1. The second kappa shape index (κ2) is 7.46. The van der Waals surface area contributed by atoms with Crippen LogP contribution in [0.25, 0.3) is 0 Å². The Morgan fingerprint density at radius 3 is 2.66 bits per heavy atom. The number of nitrogens with zero attached hydrogens (tertiary/aromatic N) is 2. The quantitative estimate of drug-likeness (QED) is 0.603. The first kappa shape index (κ1) is 19.4. The molecule has 0 bridgehead atoms. The van der Waals surface area contributed by atoms with Crippen LogP contribution >= 0.6 is 22.7 Å². The number of thiazole rings is 1. The van der Waals surface area contributed by atoms with Crippen molar-refractivity contribution in [3.05, 3.63) is 73.6 Å². The second-order valence-corrected chi connectivity index (χ2v) is 8.72. The third kappa shape index (κ3) is 3.24. The van der Waals surface area contributed by atoms with E-state index in [1.54, 1.807) is 38.3 Å². The number of carbonyl (C=O) groups is 2. The van der Waals surface area contributed by atoms with Crippen LogP contribution in [0.4, 0.5) is 5.69 Å². The van der Waals surface area contributed by atoms with Gasteiger partial charge in [0.2, 0.25) is 5.78 Å². The van der Waals surface area contributed by atoms with Crippen molar-refractivity contribution < 1.29 is 19.4 Å². The highest BCUT2D eigenvalue weighted by Gasteiger charge is 2.45. The van der Waals surface area contributed by atoms with Crippen molar-refractivity contribution in [3.63, 3.8) is 0 Å². The molecule has 3 aromatic rings. The summed E-state index contributed by atoms with van der Waals surface area (Å²) in [6, 6.07) is 9.99. The molecule has 6 nitrogen and oxygen atoms in total. The Balaban J connectivity index is 1.87. The topological polar surface area (TPSA) is 79.7 Å². The number of amides is 1. The summed E-state index contributed by atoms with van der Waals surface area (Å²) in [7, 11) is 1.54. The van der Waals surface area contributed by atoms with Gasteiger partial charge in [0.25, 0.3) is 5.91 Å². The van der Waals surface area contributed by atoms with Gasteiger partial charge in [-0.05, 0) is 37.4 Å². The monoisotopic (exact) mass is 426 g/mol. The van der Waals surface area contributed by atoms with Gasteiger partial charge < -0.3 is 9.84 Å². The van der Waals surface area contributed by atoms with Crippen LogP contribution in [0.2, 0.25) is 0 Å². The van der Waals surface area contributed by atoms with Gasteiger partial charge in [-0.3, -0.25) is 14.5 Å². The predicted molar refractivity (Wildman–Crippen MR) is 113 cm³/mol. The molecule has 2 aromatic heterocycles. The van der Waals surface area contributed by atoms with Crippen LogP contribution in [0.1, 0.15) is 31.3 Å². The Labute approximate surface area is 175 Å². The second-order valence-electron chi connectivity index (χ2n) is 6.53. The van der Waals surface area contributed by atoms with Gasteiger partial charge in [0.15, 0.2) is 5.76 Å². The van der Waals surface area contributed by atoms with Gasteiger partial charge in [-0.15, -0.1) is 22.7 Å². The lowest BCUT2D eigenvalue weighted by Crippen LogP contribution is -2.30. The molecule has 1 atom stereocenters. The van der Waals surface area contributed by atoms with E-state index >= 15 is 0 Å². The van der Waals surface area contributed by atoms with E-state index in [0.717, 1.165) is 9.88 Å². The summed E-state index contributed by atoms with van der Waals surface area (Å²) in [5, 5.41) is 13.4. The van der Waals surface area contributed by atoms with Crippen molar-refractivity contribution in [2.45, 2.75) is 19.9 Å². The highest BCUT2D eigenvalue weighted by molar-refractivity contribution is 7.14. The highest BCUT2D eigenvalue weighted by atomic mass is 32.1. The molecule has 1 aromatic carbocycles. The summed E-state index contributed by atoms with van der Waals surface area (Å²) in [6.07, 6.45) is 0. The summed E-state index contributed by atoms with van der Waals surface area (Å²) in [5.41, 5.74) is 1.21. The number of aryl methyl sites for hydroxylation is 2. The predicted octanol–water partition coefficient (Wildman–Crippen LogP) is 4.61. The fraction of sp³-hybridized carbons (Fsp3) is 0.190. The molecule has 0 spiro atoms. The van der Waals surface area contributed by atoms with Crippen LogP contribution in [0, 0.1) is 13.8 Å². The number of Topliss-reactive ketones (excluding diaryl/α,β-unsaturated/α-hetero) is 1. The molecule has 1 amide bonds. The minimum Gasteiger partial charge on any atom is -0.503 e. The number of anilines is 1. The van der Waals surface area contributed by atoms with Crippen LogP contribution in [-0.4, -0.2) is 28.9 Å². The summed E-state index contributed by atoms with van der Waals surface area (Å²) < 4.78 is 5.28. The molecule has 148 valence electrons. The van der Waals surface area contributed by atoms with Gasteiger partial charge in [-0.1, -0.05) is 12.1 Å². The van der Waals surface area contributed by atoms with Crippen molar-refractivity contribution in [3.8, 4) is 5.75 Å². The summed E-state index contributed by atoms with van der Waals surface area (Å²) in [4.78, 5) is 33.4. The maximum absolute atomic E-state index is 13.4. The normalized spacial score (nSPS) is 16.6. The first-order chi connectivity index (χ1) is 13.9. The molecule has 0 fully saturated rings. The maximum Gasteiger partial charge on any atom is 0.294 e. The first-order valence-electron chi connectivity index (χ1n) is 8.85. The molecule has 4 rings (SSSR count). The zero-order chi connectivity index (χ0) is 20.7. The molecule has 0 aliphatic carbocycles. The summed E-state index contributed by atoms with van der Waals surface area (Å²) >= 11 is 2.69. The van der Waals surface area contributed by atoms with E-state index in [-0.39, 0.29) is 11.4 Å². The fourth-order valence-electron chi connectivity index (χ4n) is 3.44. The number of ketones is 1. The van der Waals surface area contributed by atoms with Gasteiger partial charge in [-0.2, -0.15) is 0 Å². The van der Waals surface area contributed by atoms with Crippen molar-refractivity contribution in [1.29, 1.82) is 0 Å². The molecule has 1 aliphatic rings. The lowest BCUT2D eigenvalue weighted by atomic mass is 10.00. The van der Waals surface area contributed by atoms with Gasteiger partial charge in [0.05, 0.1) is 28.3 Å². The summed E-state index contributed by atoms with van der Waals surface area (Å²) in [5.74, 6) is -0.934. The Morgan fingerprint density at radius 1 is 1.24 bits per heavy atom. The Kier molecular flexibility index (Phi) is 4.97. The van der Waals surface area contributed by atoms with Gasteiger partial charge in [0.1, 0.15) is 11.8 Å². The minimum absolute atomic E-state index is 0.0759. The van der Waals surface area contributed by atoms with E-state index < -0.39 is 17.7 Å². The molecular weight excluding hydrogens is 408 g/mol. The molecule has 1 unspecified atom stereocenters. The van der Waals surface area contributed by atoms with Crippen molar-refractivity contribution in [2.24, 2.45) is 0 Å². The number of benzene rings is 1. The Hall–Kier alpha value is -2.97. The molecule has 0 radical (unpaired) electrons. The van der Waals surface area contributed by atoms with E-state index in [2.05, 4.69) is 4.98 Å². The number of carbonyl (C=O) groups excluding carboxylic acids is 2. The van der Waals surface area contributed by atoms with Gasteiger partial charge in [0, 0.05) is 16.6 Å². The zero-order valence-electron chi connectivity index (χ0n) is 16.0. The SMILES string of the molecule is COc1cccc(N2C(=O)C(O)=C(C(=O)c3sc(C)nc3C)C2c2cccs2)c1. The lowest BCUT2D eigenvalue weighted by molar-refractivity contribution is -0.117. The van der Waals surface area contributed by atoms with E-state index in [9.17, 15) is 14.7 Å². The fourth-order valence-corrected chi connectivity index (χ4v) is 5.14. The number of aromatic nitrogens is 1. The highest BCUT2D eigenvalue weighted by Crippen LogP contribution is 2.44. The first-order valence-corrected chi connectivity index (χ1v) is 10.5. The van der Waals surface area contributed by atoms with Crippen LogP contribution < -0.4 is 9.64 Å². The maximum atomic E-state index is 13.4. The molecule has 29 heavy (non-hydrogen) atoms. The molecule has 8 heteroatoms. The number of hydrogen-bond donors (Lipinski definition) is 1. The molecule has 0 saturated heterocycles. The average Bonchev–Trinajstić information content (AvgIpc) is 3.41. The molecule has 1 aliphatic heterocycles. The number of hydrogen-bond acceptors (Lipinski definition) is 7. The molecule has 1 N–H and O–H groups in total. The largest absolute Gasteiger partial charge is 0.503 e. The van der Waals surface area contributed by atoms with Gasteiger partial charge >= 0.3 is 0 Å². The van der Waals surface area contributed by atoms with Crippen molar-refractivity contribution in [2.75, 3.05) is 12.0 Å². The lowest BCUT2D eigenvalue weighted by Gasteiger charge is -2.26. The number of aliphatic hydroxyl groups excluding tert-OH is 1. The minimum atomic E-state index is -0.719. The number of methoxy groups -OCH3 is 1. The van der Waals surface area contributed by atoms with Crippen molar-refractivity contribution >= 4 is 40.1 Å². The molecule has 3 heterocycles. The van der Waals surface area contributed by atoms with Crippen LogP contribution in [0.15, 0.2) is 53.1 Å². The van der Waals surface area contributed by atoms with Crippen LogP contribution in [0.3, 0.4) is 0 Å². The smallest absolute Gasteiger partial charge is 0.294 e. The van der Waals surface area contributed by atoms with E-state index in [1.807, 2.05) is 24.4 Å². The van der Waals surface area contributed by atoms with Crippen LogP contribution in [-0.2, 0) is 4.79 Å². The zero-order valence-corrected chi connectivity index (χ0v) is 17.6. The van der Waals surface area contributed by atoms with Gasteiger partial charge in [-0.25, -0.2) is 4.98 Å². The van der Waals surface area contributed by atoms with Crippen molar-refractivity contribution in [1.82, 2.24) is 4.98 Å². The van der Waals surface area contributed by atoms with E-state index in [0.29, 0.717) is 22.0 Å². The van der Waals surface area contributed by atoms with E-state index in [4.69, 9.17) is 4.74 Å². The third-order valence-electron chi connectivity index (χ3n) is 4.71. The third-order valence-corrected chi connectivity index (χ3v) is 6.70. The molecular formula is C21H18N2O4S2. The number of ether oxygens (including phenoxy) is 1. The number of rotatable bonds is 5. The molecule has 0 saturated carbocycles. The average molecular weight is 427 g/mol. The Bertz CT molecular complexity index is 1130. The van der Waals surface area contributed by atoms with Crippen LogP contribution in [0.5, 0.6) is 5.75 Å². The number of thiophene rings is 1. The Morgan fingerprint density at radius 2 is 2.03 bits per heavy atom. The standard InChI is InChI=1S/C21H18N2O4S2/c1-11-20(29-12(2)22-11)18(24)16-17(15-8-5-9-28-15)23(21(26)19(16)25)13-6-4-7-14(10-13)27-3/h4-10,17,25H,1-3H3. The van der Waals surface area contributed by atoms with E-state index in [1.165, 1.54) is 27.6 Å².